The molecule has 2 aromatic heterocycles. The van der Waals surface area contributed by atoms with Crippen molar-refractivity contribution >= 4 is 17.2 Å². The van der Waals surface area contributed by atoms with Crippen LogP contribution in [0.2, 0.25) is 0 Å². The number of hydrogen-bond acceptors (Lipinski definition) is 4. The van der Waals surface area contributed by atoms with Gasteiger partial charge in [0, 0.05) is 44.5 Å². The summed E-state index contributed by atoms with van der Waals surface area (Å²) in [6.45, 7) is 0.859. The zero-order valence-corrected chi connectivity index (χ0v) is 14.8. The smallest absolute Gasteiger partial charge is 0.263 e. The molecule has 3 heterocycles. The van der Waals surface area contributed by atoms with Gasteiger partial charge in [-0.25, -0.2) is 4.98 Å². The first-order valence-electron chi connectivity index (χ1n) is 8.60. The zero-order chi connectivity index (χ0) is 18.3. The van der Waals surface area contributed by atoms with Gasteiger partial charge in [0.05, 0.1) is 17.8 Å². The Balaban J connectivity index is 1.68. The lowest BCUT2D eigenvalue weighted by atomic mass is 10.0. The van der Waals surface area contributed by atoms with Gasteiger partial charge < -0.3 is 9.80 Å². The van der Waals surface area contributed by atoms with Crippen LogP contribution in [0, 0.1) is 0 Å². The molecule has 0 saturated carbocycles. The average molecular weight is 348 g/mol. The highest BCUT2D eigenvalue weighted by molar-refractivity contribution is 5.95. The van der Waals surface area contributed by atoms with E-state index in [4.69, 9.17) is 0 Å². The number of anilines is 1. The minimum Gasteiger partial charge on any atom is -0.378 e. The van der Waals surface area contributed by atoms with E-state index in [1.54, 1.807) is 21.6 Å². The molecule has 1 aliphatic heterocycles. The molecule has 0 unspecified atom stereocenters. The molecule has 26 heavy (non-hydrogen) atoms. The highest BCUT2D eigenvalue weighted by Crippen LogP contribution is 2.20. The predicted octanol–water partition coefficient (Wildman–Crippen LogP) is 1.96. The molecule has 0 bridgehead atoms. The van der Waals surface area contributed by atoms with Crippen LogP contribution >= 0.6 is 0 Å². The van der Waals surface area contributed by atoms with Crippen LogP contribution in [0.5, 0.6) is 0 Å². The molecule has 0 aliphatic carbocycles. The van der Waals surface area contributed by atoms with Crippen LogP contribution in [-0.2, 0) is 13.0 Å². The first-order chi connectivity index (χ1) is 12.5. The summed E-state index contributed by atoms with van der Waals surface area (Å²) in [7, 11) is 3.89. The van der Waals surface area contributed by atoms with Gasteiger partial charge in [0.1, 0.15) is 5.65 Å². The Bertz CT molecular complexity index is 1060. The molecule has 0 atom stereocenters. The number of carbonyl (C=O) groups excluding carboxylic acids is 1. The molecule has 6 nitrogen and oxygen atoms in total. The minimum absolute atomic E-state index is 0.0584. The highest BCUT2D eigenvalue weighted by atomic mass is 16.2. The summed E-state index contributed by atoms with van der Waals surface area (Å²) in [4.78, 5) is 34.0. The third-order valence-corrected chi connectivity index (χ3v) is 4.78. The van der Waals surface area contributed by atoms with Gasteiger partial charge >= 0.3 is 0 Å². The number of carbonyl (C=O) groups is 1. The van der Waals surface area contributed by atoms with E-state index in [-0.39, 0.29) is 11.5 Å². The Morgan fingerprint density at radius 1 is 1.15 bits per heavy atom. The second kappa shape index (κ2) is 6.29. The van der Waals surface area contributed by atoms with Crippen molar-refractivity contribution in [2.75, 3.05) is 25.5 Å². The Labute approximate surface area is 151 Å². The lowest BCUT2D eigenvalue weighted by molar-refractivity contribution is 0.0732. The lowest BCUT2D eigenvalue weighted by Gasteiger charge is -2.28. The number of benzene rings is 1. The Hall–Kier alpha value is -3.15. The highest BCUT2D eigenvalue weighted by Gasteiger charge is 2.25. The summed E-state index contributed by atoms with van der Waals surface area (Å²) in [6.07, 6.45) is 2.31. The topological polar surface area (TPSA) is 57.9 Å². The molecule has 0 saturated heterocycles. The normalized spacial score (nSPS) is 13.5. The molecule has 0 spiro atoms. The standard InChI is InChI=1S/C20H20N4O2/c1-22(2)15-7-5-6-14(12-15)19(25)23-11-9-17-16(13-23)20(26)24-10-4-3-8-18(24)21-17/h3-8,10,12H,9,11,13H2,1-2H3. The maximum atomic E-state index is 12.9. The van der Waals surface area contributed by atoms with Crippen molar-refractivity contribution < 1.29 is 4.79 Å². The van der Waals surface area contributed by atoms with Gasteiger partial charge in [-0.3, -0.25) is 14.0 Å². The Morgan fingerprint density at radius 2 is 2.00 bits per heavy atom. The molecule has 4 rings (SSSR count). The third-order valence-electron chi connectivity index (χ3n) is 4.78. The Morgan fingerprint density at radius 3 is 2.81 bits per heavy atom. The van der Waals surface area contributed by atoms with Crippen molar-refractivity contribution in [3.8, 4) is 0 Å². The molecule has 132 valence electrons. The lowest BCUT2D eigenvalue weighted by Crippen LogP contribution is -2.40. The molecule has 1 aromatic carbocycles. The molecule has 1 amide bonds. The van der Waals surface area contributed by atoms with Crippen LogP contribution in [0.1, 0.15) is 21.6 Å². The van der Waals surface area contributed by atoms with E-state index >= 15 is 0 Å². The fourth-order valence-electron chi connectivity index (χ4n) is 3.32. The van der Waals surface area contributed by atoms with Crippen molar-refractivity contribution in [3.63, 3.8) is 0 Å². The molecule has 1 aliphatic rings. The van der Waals surface area contributed by atoms with E-state index in [2.05, 4.69) is 4.98 Å². The van der Waals surface area contributed by atoms with Crippen molar-refractivity contribution in [3.05, 3.63) is 75.8 Å². The first kappa shape index (κ1) is 16.3. The zero-order valence-electron chi connectivity index (χ0n) is 14.8. The second-order valence-corrected chi connectivity index (χ2v) is 6.69. The van der Waals surface area contributed by atoms with Gasteiger partial charge in [-0.1, -0.05) is 12.1 Å². The quantitative estimate of drug-likeness (QED) is 0.710. The number of rotatable bonds is 2. The summed E-state index contributed by atoms with van der Waals surface area (Å²) >= 11 is 0. The van der Waals surface area contributed by atoms with E-state index in [1.807, 2.05) is 55.4 Å². The van der Waals surface area contributed by atoms with Gasteiger partial charge in [0.2, 0.25) is 0 Å². The number of pyridine rings is 1. The second-order valence-electron chi connectivity index (χ2n) is 6.69. The van der Waals surface area contributed by atoms with Crippen molar-refractivity contribution in [2.24, 2.45) is 0 Å². The summed E-state index contributed by atoms with van der Waals surface area (Å²) in [5.74, 6) is -0.0584. The van der Waals surface area contributed by atoms with Crippen LogP contribution in [-0.4, -0.2) is 40.8 Å². The van der Waals surface area contributed by atoms with Gasteiger partial charge in [-0.2, -0.15) is 0 Å². The van der Waals surface area contributed by atoms with Crippen molar-refractivity contribution in [2.45, 2.75) is 13.0 Å². The maximum Gasteiger partial charge on any atom is 0.263 e. The molecule has 0 N–H and O–H groups in total. The molecular weight excluding hydrogens is 328 g/mol. The van der Waals surface area contributed by atoms with Gasteiger partial charge in [0.15, 0.2) is 0 Å². The van der Waals surface area contributed by atoms with Crippen LogP contribution in [0.25, 0.3) is 5.65 Å². The predicted molar refractivity (Wildman–Crippen MR) is 101 cm³/mol. The fourth-order valence-corrected chi connectivity index (χ4v) is 3.32. The van der Waals surface area contributed by atoms with Crippen LogP contribution in [0.15, 0.2) is 53.5 Å². The first-order valence-corrected chi connectivity index (χ1v) is 8.60. The number of hydrogen-bond donors (Lipinski definition) is 0. The minimum atomic E-state index is -0.0925. The van der Waals surface area contributed by atoms with E-state index in [0.29, 0.717) is 36.3 Å². The van der Waals surface area contributed by atoms with Crippen LogP contribution in [0.3, 0.4) is 0 Å². The number of fused-ring (bicyclic) bond motifs is 2. The summed E-state index contributed by atoms with van der Waals surface area (Å²) < 4.78 is 1.54. The van der Waals surface area contributed by atoms with Gasteiger partial charge in [-0.15, -0.1) is 0 Å². The van der Waals surface area contributed by atoms with E-state index < -0.39 is 0 Å². The summed E-state index contributed by atoms with van der Waals surface area (Å²) in [5, 5.41) is 0. The van der Waals surface area contributed by atoms with E-state index in [1.165, 1.54) is 0 Å². The van der Waals surface area contributed by atoms with E-state index in [0.717, 1.165) is 11.4 Å². The largest absolute Gasteiger partial charge is 0.378 e. The van der Waals surface area contributed by atoms with Gasteiger partial charge in [-0.05, 0) is 30.3 Å². The van der Waals surface area contributed by atoms with E-state index in [9.17, 15) is 9.59 Å². The molecule has 6 heteroatoms. The average Bonchev–Trinajstić information content (AvgIpc) is 2.67. The number of aromatic nitrogens is 2. The maximum absolute atomic E-state index is 12.9. The number of amides is 1. The number of nitrogens with zero attached hydrogens (tertiary/aromatic N) is 4. The molecular formula is C20H20N4O2. The third kappa shape index (κ3) is 2.73. The molecule has 3 aromatic rings. The Kier molecular flexibility index (Phi) is 3.95. The van der Waals surface area contributed by atoms with Crippen molar-refractivity contribution in [1.29, 1.82) is 0 Å². The van der Waals surface area contributed by atoms with Crippen molar-refractivity contribution in [1.82, 2.24) is 14.3 Å². The SMILES string of the molecule is CN(C)c1cccc(C(=O)N2CCc3nc4ccccn4c(=O)c3C2)c1. The van der Waals surface area contributed by atoms with Crippen LogP contribution in [0.4, 0.5) is 5.69 Å². The fraction of sp³-hybridized carbons (Fsp3) is 0.250. The summed E-state index contributed by atoms with van der Waals surface area (Å²) in [5.41, 5.74) is 3.57. The molecule has 0 radical (unpaired) electrons. The van der Waals surface area contributed by atoms with Crippen LogP contribution < -0.4 is 10.5 Å². The van der Waals surface area contributed by atoms with Gasteiger partial charge in [0.25, 0.3) is 11.5 Å². The monoisotopic (exact) mass is 348 g/mol. The summed E-state index contributed by atoms with van der Waals surface area (Å²) in [6, 6.07) is 13.0. The molecule has 0 fully saturated rings.